The van der Waals surface area contributed by atoms with Gasteiger partial charge in [-0.25, -0.2) is 0 Å². The van der Waals surface area contributed by atoms with Crippen molar-refractivity contribution in [2.24, 2.45) is 40.4 Å². The van der Waals surface area contributed by atoms with Crippen molar-refractivity contribution in [3.8, 4) is 0 Å². The Balaban J connectivity index is 1.48. The molecule has 0 unspecified atom stereocenters. The summed E-state index contributed by atoms with van der Waals surface area (Å²) in [4.78, 5) is 0. The van der Waals surface area contributed by atoms with Gasteiger partial charge >= 0.3 is 0 Å². The zero-order chi connectivity index (χ0) is 21.9. The third-order valence-electron chi connectivity index (χ3n) is 10.6. The van der Waals surface area contributed by atoms with Crippen molar-refractivity contribution in [3.63, 3.8) is 0 Å². The van der Waals surface area contributed by atoms with Gasteiger partial charge in [0.1, 0.15) is 0 Å². The van der Waals surface area contributed by atoms with Crippen LogP contribution < -0.4 is 5.11 Å². The van der Waals surface area contributed by atoms with Gasteiger partial charge in [-0.3, -0.25) is 0 Å². The van der Waals surface area contributed by atoms with Crippen molar-refractivity contribution in [1.29, 1.82) is 0 Å². The number of hydrogen-bond donors (Lipinski definition) is 1. The smallest absolute Gasteiger partial charge is 0.0657 e. The molecule has 1 N–H and O–H groups in total. The van der Waals surface area contributed by atoms with Gasteiger partial charge in [0.25, 0.3) is 0 Å². The average molecular weight is 416 g/mol. The SMILES string of the molecule is C[C@H](CCCC(C)(C)[O-])[C@H]1CC[C@H]2[C@@H]3CC=C4C[C@@](C)(O)CC[C@]4(C)[C@H]3CC[C@]12C. The summed E-state index contributed by atoms with van der Waals surface area (Å²) >= 11 is 0. The molecule has 0 heterocycles. The van der Waals surface area contributed by atoms with Crippen molar-refractivity contribution in [2.75, 3.05) is 0 Å². The third kappa shape index (κ3) is 3.94. The zero-order valence-corrected chi connectivity index (χ0v) is 20.6. The number of fused-ring (bicyclic) bond motifs is 5. The van der Waals surface area contributed by atoms with Crippen LogP contribution in [0.25, 0.3) is 0 Å². The molecule has 0 bridgehead atoms. The van der Waals surface area contributed by atoms with Gasteiger partial charge in [-0.15, -0.1) is 5.60 Å². The minimum absolute atomic E-state index is 0.329. The number of allylic oxidation sites excluding steroid dienone is 1. The van der Waals surface area contributed by atoms with E-state index >= 15 is 0 Å². The Morgan fingerprint density at radius 2 is 1.83 bits per heavy atom. The fourth-order valence-electron chi connectivity index (χ4n) is 8.83. The number of hydrogen-bond acceptors (Lipinski definition) is 2. The van der Waals surface area contributed by atoms with Crippen molar-refractivity contribution in [2.45, 2.75) is 123 Å². The quantitative estimate of drug-likeness (QED) is 0.538. The standard InChI is InChI=1S/C28H47O2/c1-19(8-7-14-25(2,3)29)22-11-12-23-21-10-9-20-18-26(4,30)16-17-27(20,5)24(21)13-15-28(22,23)6/h9,19,21-24,30H,7-8,10-18H2,1-6H3/q-1/t19-,21+,22-,23+,24+,26+,27+,28-/m1/s1. The van der Waals surface area contributed by atoms with Crippen LogP contribution in [0.2, 0.25) is 0 Å². The molecule has 0 aromatic rings. The van der Waals surface area contributed by atoms with Gasteiger partial charge in [-0.1, -0.05) is 65.5 Å². The predicted molar refractivity (Wildman–Crippen MR) is 123 cm³/mol. The molecule has 4 aliphatic rings. The van der Waals surface area contributed by atoms with Crippen LogP contribution in [0.15, 0.2) is 11.6 Å². The van der Waals surface area contributed by atoms with Crippen LogP contribution in [0, 0.1) is 40.4 Å². The lowest BCUT2D eigenvalue weighted by Crippen LogP contribution is -2.52. The van der Waals surface area contributed by atoms with Gasteiger partial charge in [-0.05, 0) is 98.7 Å². The molecule has 2 nitrogen and oxygen atoms in total. The Bertz CT molecular complexity index is 671. The maximum atomic E-state index is 12.0. The molecule has 4 rings (SSSR count). The summed E-state index contributed by atoms with van der Waals surface area (Å²) in [5, 5.41) is 22.7. The largest absolute Gasteiger partial charge is 0.850 e. The molecule has 30 heavy (non-hydrogen) atoms. The maximum Gasteiger partial charge on any atom is 0.0657 e. The molecule has 3 fully saturated rings. The van der Waals surface area contributed by atoms with Crippen LogP contribution in [-0.2, 0) is 0 Å². The molecule has 0 spiro atoms. The van der Waals surface area contributed by atoms with Crippen LogP contribution in [0.4, 0.5) is 0 Å². The van der Waals surface area contributed by atoms with E-state index in [-0.39, 0.29) is 0 Å². The fourth-order valence-corrected chi connectivity index (χ4v) is 8.83. The van der Waals surface area contributed by atoms with E-state index in [2.05, 4.69) is 26.8 Å². The first-order chi connectivity index (χ1) is 13.9. The van der Waals surface area contributed by atoms with Gasteiger partial charge in [0, 0.05) is 0 Å². The molecular formula is C28H47O2-. The molecule has 0 aromatic carbocycles. The van der Waals surface area contributed by atoms with E-state index < -0.39 is 11.2 Å². The number of rotatable bonds is 5. The highest BCUT2D eigenvalue weighted by Crippen LogP contribution is 2.67. The van der Waals surface area contributed by atoms with E-state index in [1.165, 1.54) is 44.9 Å². The van der Waals surface area contributed by atoms with Crippen LogP contribution in [0.1, 0.15) is 112 Å². The summed E-state index contributed by atoms with van der Waals surface area (Å²) in [6.07, 6.45) is 15.5. The van der Waals surface area contributed by atoms with E-state index in [0.717, 1.165) is 55.3 Å². The van der Waals surface area contributed by atoms with E-state index in [1.54, 1.807) is 5.57 Å². The van der Waals surface area contributed by atoms with Crippen LogP contribution >= 0.6 is 0 Å². The normalized spacial score (nSPS) is 47.1. The lowest BCUT2D eigenvalue weighted by atomic mass is 9.46. The second kappa shape index (κ2) is 7.62. The highest BCUT2D eigenvalue weighted by molar-refractivity contribution is 5.26. The van der Waals surface area contributed by atoms with E-state index in [0.29, 0.717) is 10.8 Å². The molecule has 8 atom stereocenters. The molecule has 0 aliphatic heterocycles. The van der Waals surface area contributed by atoms with Crippen molar-refractivity contribution in [1.82, 2.24) is 0 Å². The van der Waals surface area contributed by atoms with Crippen molar-refractivity contribution >= 4 is 0 Å². The van der Waals surface area contributed by atoms with E-state index in [4.69, 9.17) is 0 Å². The number of aliphatic hydroxyl groups is 1. The molecule has 0 saturated heterocycles. The summed E-state index contributed by atoms with van der Waals surface area (Å²) in [5.74, 6) is 4.12. The monoisotopic (exact) mass is 415 g/mol. The fraction of sp³-hybridized carbons (Fsp3) is 0.929. The molecule has 0 radical (unpaired) electrons. The minimum atomic E-state index is -0.772. The summed E-state index contributed by atoms with van der Waals surface area (Å²) in [6, 6.07) is 0. The lowest BCUT2D eigenvalue weighted by molar-refractivity contribution is -0.467. The van der Waals surface area contributed by atoms with Crippen molar-refractivity contribution in [3.05, 3.63) is 11.6 Å². The van der Waals surface area contributed by atoms with Gasteiger partial charge in [0.05, 0.1) is 5.60 Å². The average Bonchev–Trinajstić information content (AvgIpc) is 2.98. The van der Waals surface area contributed by atoms with Crippen LogP contribution in [0.5, 0.6) is 0 Å². The minimum Gasteiger partial charge on any atom is -0.850 e. The molecule has 0 aromatic heterocycles. The Labute approximate surface area is 185 Å². The summed E-state index contributed by atoms with van der Waals surface area (Å²) in [7, 11) is 0. The van der Waals surface area contributed by atoms with Gasteiger partial charge in [0.15, 0.2) is 0 Å². The van der Waals surface area contributed by atoms with Gasteiger partial charge in [0.2, 0.25) is 0 Å². The third-order valence-corrected chi connectivity index (χ3v) is 10.6. The second-order valence-electron chi connectivity index (χ2n) is 13.3. The Hall–Kier alpha value is -0.340. The van der Waals surface area contributed by atoms with Crippen LogP contribution in [-0.4, -0.2) is 16.3 Å². The van der Waals surface area contributed by atoms with E-state index in [9.17, 15) is 10.2 Å². The Morgan fingerprint density at radius 1 is 1.10 bits per heavy atom. The zero-order valence-electron chi connectivity index (χ0n) is 20.6. The molecule has 0 amide bonds. The highest BCUT2D eigenvalue weighted by atomic mass is 16.3. The summed E-state index contributed by atoms with van der Waals surface area (Å²) in [6.45, 7) is 13.4. The molecule has 2 heteroatoms. The molecule has 4 aliphatic carbocycles. The topological polar surface area (TPSA) is 43.3 Å². The first-order valence-electron chi connectivity index (χ1n) is 13.0. The van der Waals surface area contributed by atoms with Gasteiger partial charge < -0.3 is 10.2 Å². The highest BCUT2D eigenvalue weighted by Gasteiger charge is 2.59. The Kier molecular flexibility index (Phi) is 5.80. The van der Waals surface area contributed by atoms with Crippen LogP contribution in [0.3, 0.4) is 0 Å². The molecule has 172 valence electrons. The molecule has 3 saturated carbocycles. The second-order valence-corrected chi connectivity index (χ2v) is 13.3. The first kappa shape index (κ1) is 22.8. The maximum absolute atomic E-state index is 12.0. The molecular weight excluding hydrogens is 368 g/mol. The lowest BCUT2D eigenvalue weighted by Gasteiger charge is -2.59. The summed E-state index contributed by atoms with van der Waals surface area (Å²) < 4.78 is 0. The predicted octanol–water partition coefficient (Wildman–Crippen LogP) is 6.26. The van der Waals surface area contributed by atoms with Crippen molar-refractivity contribution < 1.29 is 10.2 Å². The van der Waals surface area contributed by atoms with Gasteiger partial charge in [-0.2, -0.15) is 0 Å². The summed E-state index contributed by atoms with van der Waals surface area (Å²) in [5.41, 5.74) is 1.14. The van der Waals surface area contributed by atoms with E-state index in [1.807, 2.05) is 20.8 Å². The Morgan fingerprint density at radius 3 is 2.53 bits per heavy atom. The first-order valence-corrected chi connectivity index (χ1v) is 13.0.